The normalized spacial score (nSPS) is 16.5. The lowest BCUT2D eigenvalue weighted by molar-refractivity contribution is 0.117. The van der Waals surface area contributed by atoms with Crippen molar-refractivity contribution < 1.29 is 9.13 Å². The summed E-state index contributed by atoms with van der Waals surface area (Å²) >= 11 is 0. The SMILES string of the molecule is [CH2]C(CCC(F)CC(C)C)OC. The van der Waals surface area contributed by atoms with E-state index in [1.807, 2.05) is 13.8 Å². The molecule has 0 aliphatic rings. The van der Waals surface area contributed by atoms with Crippen LogP contribution in [0.4, 0.5) is 4.39 Å². The van der Waals surface area contributed by atoms with Crippen molar-refractivity contribution in [2.75, 3.05) is 7.11 Å². The number of methoxy groups -OCH3 is 1. The molecule has 0 aliphatic carbocycles. The van der Waals surface area contributed by atoms with Gasteiger partial charge >= 0.3 is 0 Å². The molecule has 2 unspecified atom stereocenters. The molecule has 0 saturated carbocycles. The van der Waals surface area contributed by atoms with Gasteiger partial charge < -0.3 is 4.74 Å². The Balaban J connectivity index is 3.36. The minimum absolute atomic E-state index is 0.0598. The van der Waals surface area contributed by atoms with E-state index in [9.17, 15) is 4.39 Å². The third-order valence-corrected chi connectivity index (χ3v) is 1.86. The second-order valence-electron chi connectivity index (χ2n) is 3.66. The fourth-order valence-corrected chi connectivity index (χ4v) is 1.11. The molecule has 2 heteroatoms. The Morgan fingerprint density at radius 3 is 2.33 bits per heavy atom. The van der Waals surface area contributed by atoms with E-state index < -0.39 is 6.17 Å². The molecule has 0 bridgehead atoms. The number of hydrogen-bond donors (Lipinski definition) is 0. The quantitative estimate of drug-likeness (QED) is 0.603. The van der Waals surface area contributed by atoms with Gasteiger partial charge in [-0.1, -0.05) is 13.8 Å². The molecule has 0 heterocycles. The number of rotatable bonds is 6. The van der Waals surface area contributed by atoms with Gasteiger partial charge in [0, 0.05) is 7.11 Å². The van der Waals surface area contributed by atoms with Crippen LogP contribution in [0.25, 0.3) is 0 Å². The van der Waals surface area contributed by atoms with E-state index in [0.717, 1.165) is 0 Å². The van der Waals surface area contributed by atoms with E-state index >= 15 is 0 Å². The van der Waals surface area contributed by atoms with E-state index in [2.05, 4.69) is 6.92 Å². The lowest BCUT2D eigenvalue weighted by Gasteiger charge is -2.13. The number of alkyl halides is 1. The average molecular weight is 175 g/mol. The van der Waals surface area contributed by atoms with Gasteiger partial charge in [0.2, 0.25) is 0 Å². The van der Waals surface area contributed by atoms with Crippen LogP contribution >= 0.6 is 0 Å². The van der Waals surface area contributed by atoms with Crippen molar-refractivity contribution in [1.82, 2.24) is 0 Å². The Kier molecular flexibility index (Phi) is 6.35. The maximum atomic E-state index is 13.1. The molecule has 12 heavy (non-hydrogen) atoms. The zero-order valence-electron chi connectivity index (χ0n) is 8.35. The molecule has 73 valence electrons. The largest absolute Gasteiger partial charge is 0.381 e. The predicted molar refractivity (Wildman–Crippen MR) is 49.7 cm³/mol. The fourth-order valence-electron chi connectivity index (χ4n) is 1.11. The molecule has 0 aromatic rings. The summed E-state index contributed by atoms with van der Waals surface area (Å²) in [5.74, 6) is 0.436. The van der Waals surface area contributed by atoms with Crippen LogP contribution in [-0.2, 0) is 4.74 Å². The average Bonchev–Trinajstić information content (AvgIpc) is 1.99. The molecule has 2 atom stereocenters. The van der Waals surface area contributed by atoms with Crippen molar-refractivity contribution in [3.8, 4) is 0 Å². The summed E-state index contributed by atoms with van der Waals surface area (Å²) in [6, 6.07) is 0. The Labute approximate surface area is 75.3 Å². The third kappa shape index (κ3) is 6.59. The maximum absolute atomic E-state index is 13.1. The molecule has 0 N–H and O–H groups in total. The number of hydrogen-bond acceptors (Lipinski definition) is 1. The first-order valence-corrected chi connectivity index (χ1v) is 4.56. The van der Waals surface area contributed by atoms with Gasteiger partial charge in [0.25, 0.3) is 0 Å². The highest BCUT2D eigenvalue weighted by Crippen LogP contribution is 2.14. The highest BCUT2D eigenvalue weighted by molar-refractivity contribution is 4.65. The first kappa shape index (κ1) is 11.9. The van der Waals surface area contributed by atoms with Gasteiger partial charge in [-0.15, -0.1) is 0 Å². The van der Waals surface area contributed by atoms with E-state index in [1.165, 1.54) is 0 Å². The first-order valence-electron chi connectivity index (χ1n) is 4.56. The molecule has 1 nitrogen and oxygen atoms in total. The lowest BCUT2D eigenvalue weighted by Crippen LogP contribution is -2.11. The van der Waals surface area contributed by atoms with Gasteiger partial charge in [0.05, 0.1) is 6.10 Å². The van der Waals surface area contributed by atoms with Crippen molar-refractivity contribution >= 4 is 0 Å². The van der Waals surface area contributed by atoms with Crippen molar-refractivity contribution in [3.63, 3.8) is 0 Å². The van der Waals surface area contributed by atoms with E-state index in [4.69, 9.17) is 4.74 Å². The highest BCUT2D eigenvalue weighted by Gasteiger charge is 2.10. The van der Waals surface area contributed by atoms with Crippen molar-refractivity contribution in [1.29, 1.82) is 0 Å². The van der Waals surface area contributed by atoms with Crippen LogP contribution in [-0.4, -0.2) is 19.4 Å². The van der Waals surface area contributed by atoms with E-state index in [1.54, 1.807) is 7.11 Å². The fraction of sp³-hybridized carbons (Fsp3) is 0.900. The smallest absolute Gasteiger partial charge is 0.100 e. The summed E-state index contributed by atoms with van der Waals surface area (Å²) in [6.45, 7) is 7.78. The van der Waals surface area contributed by atoms with Crippen molar-refractivity contribution in [3.05, 3.63) is 6.92 Å². The number of halogens is 1. The van der Waals surface area contributed by atoms with Crippen LogP contribution < -0.4 is 0 Å². The third-order valence-electron chi connectivity index (χ3n) is 1.86. The predicted octanol–water partition coefficient (Wildman–Crippen LogP) is 3.00. The van der Waals surface area contributed by atoms with Gasteiger partial charge in [-0.3, -0.25) is 0 Å². The van der Waals surface area contributed by atoms with Crippen LogP contribution in [0, 0.1) is 12.8 Å². The molecule has 0 aliphatic heterocycles. The van der Waals surface area contributed by atoms with Gasteiger partial charge in [-0.25, -0.2) is 4.39 Å². The summed E-state index contributed by atoms with van der Waals surface area (Å²) in [7, 11) is 1.60. The first-order chi connectivity index (χ1) is 5.56. The molecule has 0 amide bonds. The zero-order chi connectivity index (χ0) is 9.56. The molecule has 0 aromatic heterocycles. The van der Waals surface area contributed by atoms with Crippen LogP contribution in [0.5, 0.6) is 0 Å². The minimum atomic E-state index is -0.690. The summed E-state index contributed by atoms with van der Waals surface area (Å²) in [6.07, 6.45) is 1.18. The molecule has 0 spiro atoms. The Morgan fingerprint density at radius 1 is 1.33 bits per heavy atom. The topological polar surface area (TPSA) is 9.23 Å². The van der Waals surface area contributed by atoms with E-state index in [-0.39, 0.29) is 6.10 Å². The minimum Gasteiger partial charge on any atom is -0.381 e. The van der Waals surface area contributed by atoms with Gasteiger partial charge in [0.15, 0.2) is 0 Å². The van der Waals surface area contributed by atoms with Crippen LogP contribution in [0.1, 0.15) is 33.1 Å². The van der Waals surface area contributed by atoms with Crippen molar-refractivity contribution in [2.45, 2.75) is 45.4 Å². The zero-order valence-corrected chi connectivity index (χ0v) is 8.35. The van der Waals surface area contributed by atoms with Gasteiger partial charge in [0.1, 0.15) is 6.17 Å². The van der Waals surface area contributed by atoms with E-state index in [0.29, 0.717) is 25.2 Å². The molecular formula is C10H20FO. The summed E-state index contributed by atoms with van der Waals surface area (Å²) in [4.78, 5) is 0. The second-order valence-corrected chi connectivity index (χ2v) is 3.66. The summed E-state index contributed by atoms with van der Waals surface area (Å²) in [5, 5.41) is 0. The molecule has 0 fully saturated rings. The Hall–Kier alpha value is -0.110. The number of ether oxygens (including phenoxy) is 1. The van der Waals surface area contributed by atoms with Crippen molar-refractivity contribution in [2.24, 2.45) is 5.92 Å². The molecule has 0 saturated heterocycles. The standard InChI is InChI=1S/C10H20FO/c1-8(2)7-10(11)6-5-9(3)12-4/h8-10H,3,5-7H2,1-2,4H3. The van der Waals surface area contributed by atoms with Crippen LogP contribution in [0.3, 0.4) is 0 Å². The molecule has 0 aromatic carbocycles. The molecule has 1 radical (unpaired) electrons. The van der Waals surface area contributed by atoms with Crippen LogP contribution in [0.15, 0.2) is 0 Å². The van der Waals surface area contributed by atoms with Gasteiger partial charge in [-0.2, -0.15) is 0 Å². The second kappa shape index (κ2) is 6.41. The maximum Gasteiger partial charge on any atom is 0.100 e. The Morgan fingerprint density at radius 2 is 1.92 bits per heavy atom. The monoisotopic (exact) mass is 175 g/mol. The molecule has 0 rings (SSSR count). The summed E-state index contributed by atoms with van der Waals surface area (Å²) < 4.78 is 18.0. The Bertz CT molecular complexity index is 104. The molecular weight excluding hydrogens is 155 g/mol. The summed E-state index contributed by atoms with van der Waals surface area (Å²) in [5.41, 5.74) is 0. The lowest BCUT2D eigenvalue weighted by atomic mass is 10.0. The van der Waals surface area contributed by atoms with Gasteiger partial charge in [-0.05, 0) is 32.1 Å². The highest BCUT2D eigenvalue weighted by atomic mass is 19.1. The van der Waals surface area contributed by atoms with Crippen LogP contribution in [0.2, 0.25) is 0 Å².